The molecule has 0 heterocycles. The largest absolute Gasteiger partial charge is 0.270 e. The molecule has 0 saturated carbocycles. The van der Waals surface area contributed by atoms with E-state index in [0.717, 1.165) is 33.4 Å². The molecule has 0 radical (unpaired) electrons. The Hall–Kier alpha value is -5.02. The van der Waals surface area contributed by atoms with Crippen LogP contribution in [-0.2, 0) is 0 Å². The molecule has 0 N–H and O–H groups in total. The van der Waals surface area contributed by atoms with Crippen LogP contribution in [-0.4, -0.2) is 9.85 Å². The molecule has 0 amide bonds. The van der Waals surface area contributed by atoms with Gasteiger partial charge in [0, 0.05) is 41.0 Å². The summed E-state index contributed by atoms with van der Waals surface area (Å²) in [6.45, 7) is 0. The minimum atomic E-state index is -0.466. The van der Waals surface area contributed by atoms with Gasteiger partial charge in [0.05, 0.1) is 9.85 Å². The Morgan fingerprint density at radius 3 is 1.62 bits per heavy atom. The van der Waals surface area contributed by atoms with E-state index in [4.69, 9.17) is 0 Å². The Labute approximate surface area is 195 Å². The zero-order valence-corrected chi connectivity index (χ0v) is 17.8. The minimum Gasteiger partial charge on any atom is -0.258 e. The first-order valence-electron chi connectivity index (χ1n) is 10.5. The van der Waals surface area contributed by atoms with Crippen molar-refractivity contribution in [1.82, 2.24) is 0 Å². The average Bonchev–Trinajstić information content (AvgIpc) is 3.18. The summed E-state index contributed by atoms with van der Waals surface area (Å²) < 4.78 is 0. The van der Waals surface area contributed by atoms with E-state index in [-0.39, 0.29) is 11.4 Å². The molecule has 0 aliphatic heterocycles. The molecule has 34 heavy (non-hydrogen) atoms. The summed E-state index contributed by atoms with van der Waals surface area (Å²) in [4.78, 5) is 22.0. The summed E-state index contributed by atoms with van der Waals surface area (Å²) in [6, 6.07) is 28.5. The van der Waals surface area contributed by atoms with E-state index in [1.54, 1.807) is 12.1 Å². The van der Waals surface area contributed by atoms with Gasteiger partial charge in [-0.05, 0) is 52.1 Å². The lowest BCUT2D eigenvalue weighted by atomic mass is 9.93. The number of benzene rings is 4. The molecule has 5 rings (SSSR count). The Bertz CT molecular complexity index is 1480. The smallest absolute Gasteiger partial charge is 0.258 e. The van der Waals surface area contributed by atoms with Crippen LogP contribution in [0.3, 0.4) is 0 Å². The van der Waals surface area contributed by atoms with Gasteiger partial charge in [0.2, 0.25) is 0 Å². The molecule has 0 aromatic heterocycles. The lowest BCUT2D eigenvalue weighted by molar-refractivity contribution is -0.385. The van der Waals surface area contributed by atoms with Gasteiger partial charge in [0.25, 0.3) is 11.4 Å². The molecule has 0 atom stereocenters. The second-order valence-corrected chi connectivity index (χ2v) is 7.71. The summed E-state index contributed by atoms with van der Waals surface area (Å²) >= 11 is 0. The van der Waals surface area contributed by atoms with Gasteiger partial charge in [-0.25, -0.2) is 0 Å². The molecule has 1 aliphatic carbocycles. The maximum absolute atomic E-state index is 11.4. The van der Waals surface area contributed by atoms with Crippen molar-refractivity contribution in [3.63, 3.8) is 0 Å². The topological polar surface area (TPSA) is 86.3 Å². The third kappa shape index (κ3) is 3.72. The fraction of sp³-hybridized carbons (Fsp3) is 0. The first kappa shape index (κ1) is 20.9. The van der Waals surface area contributed by atoms with Crippen LogP contribution in [0.5, 0.6) is 0 Å². The van der Waals surface area contributed by atoms with E-state index in [9.17, 15) is 20.2 Å². The predicted octanol–water partition coefficient (Wildman–Crippen LogP) is 6.49. The monoisotopic (exact) mass is 444 g/mol. The van der Waals surface area contributed by atoms with Gasteiger partial charge in [-0.3, -0.25) is 20.2 Å². The number of nitrogens with zero attached hydrogens (tertiary/aromatic N) is 2. The molecule has 0 unspecified atom stereocenters. The van der Waals surface area contributed by atoms with Crippen LogP contribution >= 0.6 is 0 Å². The summed E-state index contributed by atoms with van der Waals surface area (Å²) in [7, 11) is 0. The minimum absolute atomic E-state index is 0.0749. The van der Waals surface area contributed by atoms with Crippen molar-refractivity contribution >= 4 is 22.5 Å². The fourth-order valence-electron chi connectivity index (χ4n) is 4.13. The molecule has 0 saturated heterocycles. The van der Waals surface area contributed by atoms with Crippen LogP contribution in [0.1, 0.15) is 22.3 Å². The van der Waals surface area contributed by atoms with E-state index in [2.05, 4.69) is 11.8 Å². The number of allylic oxidation sites excluding steroid dienone is 1. The van der Waals surface area contributed by atoms with Crippen LogP contribution in [0.4, 0.5) is 11.4 Å². The molecule has 6 nitrogen and oxygen atoms in total. The molecule has 6 heteroatoms. The van der Waals surface area contributed by atoms with E-state index in [1.807, 2.05) is 60.7 Å². The lowest BCUT2D eigenvalue weighted by Crippen LogP contribution is -1.92. The second-order valence-electron chi connectivity index (χ2n) is 7.71. The molecule has 0 bridgehead atoms. The summed E-state index contributed by atoms with van der Waals surface area (Å²) in [6.07, 6.45) is 0. The van der Waals surface area contributed by atoms with Gasteiger partial charge in [-0.1, -0.05) is 60.4 Å². The molecular formula is C28H16N2O4. The van der Waals surface area contributed by atoms with Crippen LogP contribution in [0.25, 0.3) is 22.3 Å². The van der Waals surface area contributed by atoms with E-state index in [1.165, 1.54) is 24.3 Å². The number of nitro benzene ring substituents is 2. The number of nitro groups is 2. The zero-order valence-electron chi connectivity index (χ0n) is 17.8. The molecule has 0 fully saturated rings. The van der Waals surface area contributed by atoms with Crippen molar-refractivity contribution < 1.29 is 9.85 Å². The fourth-order valence-corrected chi connectivity index (χ4v) is 4.13. The highest BCUT2D eigenvalue weighted by Gasteiger charge is 2.29. The average molecular weight is 444 g/mol. The maximum Gasteiger partial charge on any atom is 0.270 e. The molecule has 4 aromatic rings. The van der Waals surface area contributed by atoms with Crippen molar-refractivity contribution in [2.75, 3.05) is 0 Å². The van der Waals surface area contributed by atoms with E-state index < -0.39 is 9.85 Å². The Morgan fingerprint density at radius 1 is 0.618 bits per heavy atom. The van der Waals surface area contributed by atoms with Gasteiger partial charge in [-0.15, -0.1) is 0 Å². The molecule has 162 valence electrons. The van der Waals surface area contributed by atoms with Gasteiger partial charge >= 0.3 is 0 Å². The Balaban J connectivity index is 1.85. The highest BCUT2D eigenvalue weighted by molar-refractivity contribution is 6.14. The number of fused-ring (bicyclic) bond motifs is 3. The third-order valence-corrected chi connectivity index (χ3v) is 5.67. The standard InChI is InChI=1S/C28H16N2O4/c31-29(32)21-12-15-24-26(17-21)27-18-22(30(33)34)13-16-25(27)28(24)23(20-9-5-2-6-10-20)14-11-19-7-3-1-4-8-19/h1-10,12-13,15-18H. The second kappa shape index (κ2) is 8.49. The molecule has 1 aliphatic rings. The van der Waals surface area contributed by atoms with Crippen molar-refractivity contribution in [3.8, 4) is 23.0 Å². The van der Waals surface area contributed by atoms with Crippen molar-refractivity contribution in [1.29, 1.82) is 0 Å². The van der Waals surface area contributed by atoms with Crippen LogP contribution in [0.2, 0.25) is 0 Å². The van der Waals surface area contributed by atoms with Gasteiger partial charge in [0.15, 0.2) is 0 Å². The number of rotatable bonds is 3. The van der Waals surface area contributed by atoms with Gasteiger partial charge in [-0.2, -0.15) is 0 Å². The van der Waals surface area contributed by atoms with Gasteiger partial charge < -0.3 is 0 Å². The lowest BCUT2D eigenvalue weighted by Gasteiger charge is -2.09. The van der Waals surface area contributed by atoms with Crippen molar-refractivity contribution in [3.05, 3.63) is 140 Å². The number of hydrogen-bond acceptors (Lipinski definition) is 4. The van der Waals surface area contributed by atoms with Crippen LogP contribution in [0.15, 0.2) is 97.1 Å². The van der Waals surface area contributed by atoms with Crippen LogP contribution in [0, 0.1) is 32.1 Å². The first-order chi connectivity index (χ1) is 16.5. The van der Waals surface area contributed by atoms with Gasteiger partial charge in [0.1, 0.15) is 0 Å². The predicted molar refractivity (Wildman–Crippen MR) is 131 cm³/mol. The quantitative estimate of drug-likeness (QED) is 0.181. The highest BCUT2D eigenvalue weighted by atomic mass is 16.6. The van der Waals surface area contributed by atoms with Crippen molar-refractivity contribution in [2.45, 2.75) is 0 Å². The van der Waals surface area contributed by atoms with E-state index in [0.29, 0.717) is 11.1 Å². The maximum atomic E-state index is 11.4. The highest BCUT2D eigenvalue weighted by Crippen LogP contribution is 2.49. The Morgan fingerprint density at radius 2 is 1.12 bits per heavy atom. The number of hydrogen-bond donors (Lipinski definition) is 0. The summed E-state index contributed by atoms with van der Waals surface area (Å²) in [5, 5.41) is 22.9. The zero-order chi connectivity index (χ0) is 23.7. The molecule has 4 aromatic carbocycles. The van der Waals surface area contributed by atoms with Crippen LogP contribution < -0.4 is 0 Å². The molecule has 0 spiro atoms. The molecular weight excluding hydrogens is 428 g/mol. The number of non-ortho nitro benzene ring substituents is 2. The third-order valence-electron chi connectivity index (χ3n) is 5.67. The normalized spacial score (nSPS) is 11.1. The first-order valence-corrected chi connectivity index (χ1v) is 10.5. The van der Waals surface area contributed by atoms with E-state index >= 15 is 0 Å². The SMILES string of the molecule is O=[N+]([O-])c1ccc2c(c1)-c1cc([N+](=O)[O-])ccc1C2=C(C#Cc1ccccc1)c1ccccc1. The Kier molecular flexibility index (Phi) is 5.21. The summed E-state index contributed by atoms with van der Waals surface area (Å²) in [5.74, 6) is 6.53. The van der Waals surface area contributed by atoms with Crippen molar-refractivity contribution in [2.24, 2.45) is 0 Å². The summed E-state index contributed by atoms with van der Waals surface area (Å²) in [5.41, 5.74) is 5.79.